The minimum Gasteiger partial charge on any atom is -0.411 e. The fourth-order valence-corrected chi connectivity index (χ4v) is 1.51. The maximum atomic E-state index is 11.0. The van der Waals surface area contributed by atoms with E-state index in [1.807, 2.05) is 0 Å². The van der Waals surface area contributed by atoms with Crippen molar-refractivity contribution in [2.45, 2.75) is 6.92 Å². The molecule has 0 radical (unpaired) electrons. The zero-order chi connectivity index (χ0) is 12.3. The number of fused-ring (bicyclic) bond motifs is 1. The largest absolute Gasteiger partial charge is 0.411 e. The van der Waals surface area contributed by atoms with Gasteiger partial charge in [-0.05, 0) is 17.7 Å². The third kappa shape index (κ3) is 2.36. The van der Waals surface area contributed by atoms with Crippen molar-refractivity contribution in [3.63, 3.8) is 0 Å². The summed E-state index contributed by atoms with van der Waals surface area (Å²) in [4.78, 5) is 11.0. The normalized spacial score (nSPS) is 10.9. The Labute approximate surface area is 97.0 Å². The minimum absolute atomic E-state index is 0.201. The number of amides is 1. The SMILES string of the molecule is CC(=O)Nc1nncc2cc(C=NO)ccc12. The van der Waals surface area contributed by atoms with E-state index in [2.05, 4.69) is 20.7 Å². The molecule has 0 aliphatic rings. The summed E-state index contributed by atoms with van der Waals surface area (Å²) in [6.07, 6.45) is 2.90. The second kappa shape index (κ2) is 4.56. The molecule has 1 aromatic carbocycles. The van der Waals surface area contributed by atoms with E-state index in [4.69, 9.17) is 5.21 Å². The van der Waals surface area contributed by atoms with Crippen LogP contribution in [0.4, 0.5) is 5.82 Å². The van der Waals surface area contributed by atoms with Crippen LogP contribution >= 0.6 is 0 Å². The van der Waals surface area contributed by atoms with Crippen LogP contribution in [-0.4, -0.2) is 27.5 Å². The number of oxime groups is 1. The first-order valence-corrected chi connectivity index (χ1v) is 4.91. The lowest BCUT2D eigenvalue weighted by Gasteiger charge is -2.04. The van der Waals surface area contributed by atoms with Gasteiger partial charge in [-0.2, -0.15) is 5.10 Å². The van der Waals surface area contributed by atoms with Gasteiger partial charge in [0.1, 0.15) is 0 Å². The molecule has 1 aromatic heterocycles. The molecule has 2 aromatic rings. The van der Waals surface area contributed by atoms with E-state index in [1.165, 1.54) is 13.1 Å². The van der Waals surface area contributed by atoms with Crippen LogP contribution in [0.2, 0.25) is 0 Å². The molecule has 0 atom stereocenters. The second-order valence-corrected chi connectivity index (χ2v) is 3.47. The molecule has 0 aliphatic heterocycles. The summed E-state index contributed by atoms with van der Waals surface area (Å²) in [5, 5.41) is 23.2. The molecule has 0 fully saturated rings. The summed E-state index contributed by atoms with van der Waals surface area (Å²) < 4.78 is 0. The Balaban J connectivity index is 2.54. The Morgan fingerprint density at radius 3 is 3.06 bits per heavy atom. The number of aromatic nitrogens is 2. The quantitative estimate of drug-likeness (QED) is 0.463. The summed E-state index contributed by atoms with van der Waals surface area (Å²) in [7, 11) is 0. The van der Waals surface area contributed by atoms with Gasteiger partial charge in [-0.1, -0.05) is 11.2 Å². The smallest absolute Gasteiger partial charge is 0.222 e. The van der Waals surface area contributed by atoms with Crippen LogP contribution in [0, 0.1) is 0 Å². The molecule has 0 saturated heterocycles. The molecule has 0 spiro atoms. The Hall–Kier alpha value is -2.50. The number of rotatable bonds is 2. The lowest BCUT2D eigenvalue weighted by atomic mass is 10.1. The van der Waals surface area contributed by atoms with Crippen molar-refractivity contribution in [1.82, 2.24) is 10.2 Å². The zero-order valence-corrected chi connectivity index (χ0v) is 9.08. The molecule has 6 nitrogen and oxygen atoms in total. The summed E-state index contributed by atoms with van der Waals surface area (Å²) >= 11 is 0. The van der Waals surface area contributed by atoms with Crippen molar-refractivity contribution >= 4 is 28.7 Å². The molecule has 6 heteroatoms. The van der Waals surface area contributed by atoms with Gasteiger partial charge in [-0.3, -0.25) is 4.79 Å². The topological polar surface area (TPSA) is 87.5 Å². The number of nitrogens with zero attached hydrogens (tertiary/aromatic N) is 3. The number of carbonyl (C=O) groups excluding carboxylic acids is 1. The Morgan fingerprint density at radius 2 is 2.35 bits per heavy atom. The monoisotopic (exact) mass is 230 g/mol. The van der Waals surface area contributed by atoms with Gasteiger partial charge in [-0.25, -0.2) is 0 Å². The average molecular weight is 230 g/mol. The van der Waals surface area contributed by atoms with E-state index in [-0.39, 0.29) is 5.91 Å². The lowest BCUT2D eigenvalue weighted by Crippen LogP contribution is -2.08. The molecular weight excluding hydrogens is 220 g/mol. The van der Waals surface area contributed by atoms with E-state index < -0.39 is 0 Å². The second-order valence-electron chi connectivity index (χ2n) is 3.47. The maximum absolute atomic E-state index is 11.0. The van der Waals surface area contributed by atoms with E-state index in [0.29, 0.717) is 5.82 Å². The molecule has 1 heterocycles. The number of carbonyl (C=O) groups is 1. The first-order valence-electron chi connectivity index (χ1n) is 4.91. The van der Waals surface area contributed by atoms with Crippen LogP contribution in [0.25, 0.3) is 10.8 Å². The van der Waals surface area contributed by atoms with Crippen LogP contribution in [-0.2, 0) is 4.79 Å². The van der Waals surface area contributed by atoms with Crippen molar-refractivity contribution in [2.24, 2.45) is 5.16 Å². The van der Waals surface area contributed by atoms with Gasteiger partial charge >= 0.3 is 0 Å². The molecule has 0 unspecified atom stereocenters. The Bertz CT molecular complexity index is 595. The highest BCUT2D eigenvalue weighted by Crippen LogP contribution is 2.20. The average Bonchev–Trinajstić information content (AvgIpc) is 2.29. The fraction of sp³-hybridized carbons (Fsp3) is 0.0909. The molecule has 0 bridgehead atoms. The highest BCUT2D eigenvalue weighted by atomic mass is 16.4. The van der Waals surface area contributed by atoms with Crippen LogP contribution < -0.4 is 5.32 Å². The molecule has 17 heavy (non-hydrogen) atoms. The molecule has 2 rings (SSSR count). The van der Waals surface area contributed by atoms with Crippen molar-refractivity contribution in [3.8, 4) is 0 Å². The lowest BCUT2D eigenvalue weighted by molar-refractivity contribution is -0.114. The van der Waals surface area contributed by atoms with Gasteiger partial charge in [0.25, 0.3) is 0 Å². The maximum Gasteiger partial charge on any atom is 0.222 e. The molecule has 0 saturated carbocycles. The first kappa shape index (κ1) is 11.0. The molecular formula is C11H10N4O2. The van der Waals surface area contributed by atoms with Crippen LogP contribution in [0.1, 0.15) is 12.5 Å². The summed E-state index contributed by atoms with van der Waals surface area (Å²) in [5.41, 5.74) is 0.738. The third-order valence-electron chi connectivity index (χ3n) is 2.19. The van der Waals surface area contributed by atoms with Gasteiger partial charge in [0, 0.05) is 17.7 Å². The van der Waals surface area contributed by atoms with Crippen molar-refractivity contribution in [1.29, 1.82) is 0 Å². The van der Waals surface area contributed by atoms with Gasteiger partial charge in [0.2, 0.25) is 5.91 Å². The zero-order valence-electron chi connectivity index (χ0n) is 9.08. The molecule has 1 amide bonds. The van der Waals surface area contributed by atoms with Gasteiger partial charge in [-0.15, -0.1) is 5.10 Å². The van der Waals surface area contributed by atoms with Gasteiger partial charge < -0.3 is 10.5 Å². The molecule has 0 aliphatic carbocycles. The molecule has 86 valence electrons. The summed E-state index contributed by atoms with van der Waals surface area (Å²) in [6, 6.07) is 5.33. The van der Waals surface area contributed by atoms with Crippen LogP contribution in [0.5, 0.6) is 0 Å². The predicted molar refractivity (Wildman–Crippen MR) is 63.2 cm³/mol. The fourth-order valence-electron chi connectivity index (χ4n) is 1.51. The van der Waals surface area contributed by atoms with E-state index >= 15 is 0 Å². The predicted octanol–water partition coefficient (Wildman–Crippen LogP) is 1.40. The Morgan fingerprint density at radius 1 is 1.53 bits per heavy atom. The summed E-state index contributed by atoms with van der Waals surface area (Å²) in [5.74, 6) is 0.218. The number of nitrogens with one attached hydrogen (secondary N) is 1. The number of hydrogen-bond donors (Lipinski definition) is 2. The van der Waals surface area contributed by atoms with Gasteiger partial charge in [0.15, 0.2) is 5.82 Å². The highest BCUT2D eigenvalue weighted by Gasteiger charge is 2.05. The van der Waals surface area contributed by atoms with Crippen molar-refractivity contribution in [2.75, 3.05) is 5.32 Å². The number of anilines is 1. The number of benzene rings is 1. The van der Waals surface area contributed by atoms with Crippen LogP contribution in [0.3, 0.4) is 0 Å². The van der Waals surface area contributed by atoms with Crippen molar-refractivity contribution < 1.29 is 10.0 Å². The minimum atomic E-state index is -0.201. The standard InChI is InChI=1S/C11H10N4O2/c1-7(16)14-11-10-3-2-8(5-13-17)4-9(10)6-12-15-11/h2-6,17H,1H3,(H,14,15,16). The van der Waals surface area contributed by atoms with Crippen LogP contribution in [0.15, 0.2) is 29.6 Å². The summed E-state index contributed by atoms with van der Waals surface area (Å²) in [6.45, 7) is 1.41. The number of hydrogen-bond acceptors (Lipinski definition) is 5. The van der Waals surface area contributed by atoms with Crippen molar-refractivity contribution in [3.05, 3.63) is 30.0 Å². The van der Waals surface area contributed by atoms with E-state index in [0.717, 1.165) is 16.3 Å². The molecule has 2 N–H and O–H groups in total. The highest BCUT2D eigenvalue weighted by molar-refractivity contribution is 6.00. The van der Waals surface area contributed by atoms with E-state index in [9.17, 15) is 4.79 Å². The first-order chi connectivity index (χ1) is 8.20. The van der Waals surface area contributed by atoms with Gasteiger partial charge in [0.05, 0.1) is 12.4 Å². The Kier molecular flexibility index (Phi) is 2.95. The van der Waals surface area contributed by atoms with E-state index in [1.54, 1.807) is 24.4 Å². The third-order valence-corrected chi connectivity index (χ3v) is 2.19.